The third-order valence-corrected chi connectivity index (χ3v) is 16.7. The van der Waals surface area contributed by atoms with Crippen molar-refractivity contribution < 1.29 is 33.0 Å². The molecule has 0 aromatic carbocycles. The highest BCUT2D eigenvalue weighted by Gasteiger charge is 2.46. The molecule has 1 aliphatic heterocycles. The predicted molar refractivity (Wildman–Crippen MR) is 142 cm³/mol. The lowest BCUT2D eigenvalue weighted by Crippen LogP contribution is -2.53. The van der Waals surface area contributed by atoms with E-state index in [1.54, 1.807) is 12.1 Å². The van der Waals surface area contributed by atoms with E-state index in [4.69, 9.17) is 18.0 Å². The number of hydrogen-bond donors (Lipinski definition) is 2. The maximum absolute atomic E-state index is 12.7. The highest BCUT2D eigenvalue weighted by molar-refractivity contribution is 6.74. The molecule has 0 bridgehead atoms. The molecule has 0 amide bonds. The molecule has 2 rings (SSSR count). The molecule has 0 spiro atoms. The molecule has 1 aromatic heterocycles. The summed E-state index contributed by atoms with van der Waals surface area (Å²) in [6.45, 7) is 21.6. The number of ketones is 1. The van der Waals surface area contributed by atoms with Gasteiger partial charge in [-0.3, -0.25) is 4.79 Å². The van der Waals surface area contributed by atoms with Crippen LogP contribution in [0.2, 0.25) is 36.3 Å². The summed E-state index contributed by atoms with van der Waals surface area (Å²) in [7, 11) is -4.61. The van der Waals surface area contributed by atoms with Crippen LogP contribution < -0.4 is 0 Å². The van der Waals surface area contributed by atoms with Crippen molar-refractivity contribution in [2.75, 3.05) is 0 Å². The summed E-state index contributed by atoms with van der Waals surface area (Å²) in [5, 5.41) is 20.9. The highest BCUT2D eigenvalue weighted by Crippen LogP contribution is 2.42. The Kier molecular flexibility index (Phi) is 9.58. The largest absolute Gasteiger partial charge is 0.467 e. The molecule has 1 aromatic rings. The summed E-state index contributed by atoms with van der Waals surface area (Å²) in [4.78, 5) is 12.7. The number of ether oxygens (including phenoxy) is 1. The van der Waals surface area contributed by atoms with Gasteiger partial charge in [0.15, 0.2) is 28.7 Å². The minimum atomic E-state index is -2.31. The van der Waals surface area contributed by atoms with Crippen molar-refractivity contribution in [3.63, 3.8) is 0 Å². The van der Waals surface area contributed by atoms with E-state index in [1.165, 1.54) is 18.4 Å². The molecule has 0 fully saturated rings. The first-order chi connectivity index (χ1) is 15.8. The molecule has 0 radical (unpaired) electrons. The van der Waals surface area contributed by atoms with Crippen LogP contribution in [0, 0.1) is 0 Å². The van der Waals surface area contributed by atoms with Gasteiger partial charge < -0.3 is 28.2 Å². The highest BCUT2D eigenvalue weighted by atomic mass is 28.4. The van der Waals surface area contributed by atoms with Gasteiger partial charge in [-0.05, 0) is 60.5 Å². The Bertz CT molecular complexity index is 850. The third kappa shape index (κ3) is 7.95. The first kappa shape index (κ1) is 30.1. The van der Waals surface area contributed by atoms with Crippen LogP contribution in [0.1, 0.15) is 66.2 Å². The van der Waals surface area contributed by atoms with Gasteiger partial charge in [-0.25, -0.2) is 0 Å². The van der Waals surface area contributed by atoms with Gasteiger partial charge in [-0.15, -0.1) is 0 Å². The first-order valence-electron chi connectivity index (χ1n) is 12.5. The van der Waals surface area contributed by atoms with Crippen LogP contribution in [0.3, 0.4) is 0 Å². The Labute approximate surface area is 213 Å². The van der Waals surface area contributed by atoms with Gasteiger partial charge in [0, 0.05) is 12.8 Å². The summed E-state index contributed by atoms with van der Waals surface area (Å²) < 4.78 is 24.8. The first-order valence-corrected chi connectivity index (χ1v) is 18.3. The van der Waals surface area contributed by atoms with Crippen LogP contribution >= 0.6 is 0 Å². The lowest BCUT2D eigenvalue weighted by Gasteiger charge is -2.46. The zero-order valence-electron chi connectivity index (χ0n) is 23.1. The minimum Gasteiger partial charge on any atom is -0.467 e. The van der Waals surface area contributed by atoms with Crippen LogP contribution in [-0.2, 0) is 18.4 Å². The van der Waals surface area contributed by atoms with Gasteiger partial charge in [-0.1, -0.05) is 41.5 Å². The van der Waals surface area contributed by atoms with Crippen molar-refractivity contribution in [3.05, 3.63) is 36.3 Å². The topological polar surface area (TPSA) is 98.4 Å². The molecule has 7 nitrogen and oxygen atoms in total. The zero-order chi connectivity index (χ0) is 26.8. The Morgan fingerprint density at radius 1 is 1.00 bits per heavy atom. The summed E-state index contributed by atoms with van der Waals surface area (Å²) in [6, 6.07) is 3.49. The van der Waals surface area contributed by atoms with Crippen molar-refractivity contribution in [2.45, 2.75) is 121 Å². The number of rotatable bonds is 10. The molecule has 35 heavy (non-hydrogen) atoms. The molecule has 9 heteroatoms. The van der Waals surface area contributed by atoms with Crippen LogP contribution in [-0.4, -0.2) is 57.2 Å². The van der Waals surface area contributed by atoms with Crippen molar-refractivity contribution in [3.8, 4) is 0 Å². The minimum absolute atomic E-state index is 0.0709. The van der Waals surface area contributed by atoms with E-state index in [1.807, 2.05) is 0 Å². The van der Waals surface area contributed by atoms with E-state index in [2.05, 4.69) is 67.7 Å². The van der Waals surface area contributed by atoms with Gasteiger partial charge in [-0.2, -0.15) is 0 Å². The van der Waals surface area contributed by atoms with E-state index < -0.39 is 47.3 Å². The Balaban J connectivity index is 2.48. The second kappa shape index (κ2) is 11.1. The number of hydrogen-bond acceptors (Lipinski definition) is 7. The molecule has 200 valence electrons. The fourth-order valence-corrected chi connectivity index (χ4v) is 6.14. The van der Waals surface area contributed by atoms with Crippen molar-refractivity contribution in [1.29, 1.82) is 0 Å². The predicted octanol–water partition coefficient (Wildman–Crippen LogP) is 5.72. The average Bonchev–Trinajstić information content (AvgIpc) is 3.22. The van der Waals surface area contributed by atoms with Crippen LogP contribution in [0.25, 0.3) is 0 Å². The Morgan fingerprint density at radius 3 is 2.03 bits per heavy atom. The van der Waals surface area contributed by atoms with Gasteiger partial charge in [0.25, 0.3) is 0 Å². The average molecular weight is 527 g/mol. The van der Waals surface area contributed by atoms with Gasteiger partial charge in [0.05, 0.1) is 18.5 Å². The molecule has 1 aliphatic rings. The molecule has 5 atom stereocenters. The molecule has 0 aliphatic carbocycles. The Hall–Kier alpha value is -1.08. The van der Waals surface area contributed by atoms with Crippen LogP contribution in [0.15, 0.2) is 35.0 Å². The maximum Gasteiger partial charge on any atom is 0.192 e. The smallest absolute Gasteiger partial charge is 0.192 e. The quantitative estimate of drug-likeness (QED) is 0.376. The van der Waals surface area contributed by atoms with Gasteiger partial charge >= 0.3 is 0 Å². The number of carbonyl (C=O) groups is 1. The third-order valence-electron chi connectivity index (χ3n) is 7.74. The Morgan fingerprint density at radius 2 is 1.54 bits per heavy atom. The molecule has 2 N–H and O–H groups in total. The van der Waals surface area contributed by atoms with E-state index >= 15 is 0 Å². The summed E-state index contributed by atoms with van der Waals surface area (Å²) in [5.74, 6) is 0.250. The van der Waals surface area contributed by atoms with Crippen molar-refractivity contribution in [2.24, 2.45) is 0 Å². The van der Waals surface area contributed by atoms with E-state index in [0.717, 1.165) is 0 Å². The number of aliphatic hydroxyl groups is 2. The SMILES string of the molecule is CC(C)(C)[Si](C)(C)O[C@@H](C[C@@H](O)c1ccco1)[C@H](C[C@H]1OC(O)C=CC1=O)O[Si](C)(C)C(C)(C)C. The number of aliphatic hydroxyl groups excluding tert-OH is 2. The standard InChI is InChI=1S/C26H46O7Si2/c1-25(2,3)34(7,8)32-22(16-19(28)20-12-11-15-30-20)23(33-35(9,10)26(4,5)6)17-21-18(27)13-14-24(29)31-21/h11-15,19,21-24,28-29H,16-17H2,1-10H3/t19-,21-,22+,23+,24?/m1/s1. The van der Waals surface area contributed by atoms with E-state index in [-0.39, 0.29) is 28.7 Å². The molecular weight excluding hydrogens is 480 g/mol. The van der Waals surface area contributed by atoms with Crippen molar-refractivity contribution in [1.82, 2.24) is 0 Å². The van der Waals surface area contributed by atoms with Gasteiger partial charge in [0.1, 0.15) is 18.0 Å². The lowest BCUT2D eigenvalue weighted by molar-refractivity contribution is -0.154. The van der Waals surface area contributed by atoms with E-state index in [9.17, 15) is 15.0 Å². The summed E-state index contributed by atoms with van der Waals surface area (Å²) in [6.07, 6.45) is 0.793. The molecule has 0 saturated heterocycles. The normalized spacial score (nSPS) is 22.8. The summed E-state index contributed by atoms with van der Waals surface area (Å²) >= 11 is 0. The number of carbonyl (C=O) groups excluding carboxylic acids is 1. The zero-order valence-corrected chi connectivity index (χ0v) is 25.1. The fraction of sp³-hybridized carbons (Fsp3) is 0.731. The molecule has 0 saturated carbocycles. The monoisotopic (exact) mass is 526 g/mol. The molecule has 2 heterocycles. The second-order valence-electron chi connectivity index (χ2n) is 12.6. The van der Waals surface area contributed by atoms with E-state index in [0.29, 0.717) is 5.76 Å². The van der Waals surface area contributed by atoms with Crippen molar-refractivity contribution >= 4 is 22.4 Å². The fourth-order valence-electron chi connectivity index (χ4n) is 3.43. The maximum atomic E-state index is 12.7. The molecule has 1 unspecified atom stereocenters. The lowest BCUT2D eigenvalue weighted by atomic mass is 9.98. The summed E-state index contributed by atoms with van der Waals surface area (Å²) in [5.41, 5.74) is 0. The number of furan rings is 1. The molecular formula is C26H46O7Si2. The van der Waals surface area contributed by atoms with Gasteiger partial charge in [0.2, 0.25) is 0 Å². The second-order valence-corrected chi connectivity index (χ2v) is 22.1. The van der Waals surface area contributed by atoms with Crippen LogP contribution in [0.5, 0.6) is 0 Å². The van der Waals surface area contributed by atoms with Crippen LogP contribution in [0.4, 0.5) is 0 Å².